The Morgan fingerprint density at radius 1 is 1.29 bits per heavy atom. The van der Waals surface area contributed by atoms with Gasteiger partial charge in [0, 0.05) is 15.6 Å². The van der Waals surface area contributed by atoms with Gasteiger partial charge in [-0.05, 0) is 24.5 Å². The summed E-state index contributed by atoms with van der Waals surface area (Å²) in [5.41, 5.74) is 1.96. The van der Waals surface area contributed by atoms with Gasteiger partial charge in [0.05, 0.1) is 24.1 Å². The first kappa shape index (κ1) is 17.8. The monoisotopic (exact) mass is 443 g/mol. The highest BCUT2D eigenvalue weighted by molar-refractivity contribution is 9.10. The van der Waals surface area contributed by atoms with Crippen LogP contribution in [0.15, 0.2) is 37.7 Å². The molecule has 0 aliphatic rings. The first-order valence-corrected chi connectivity index (χ1v) is 11.0. The maximum Gasteiger partial charge on any atom is 0.276 e. The molecule has 0 aliphatic carbocycles. The summed E-state index contributed by atoms with van der Waals surface area (Å²) in [6, 6.07) is 5.90. The van der Waals surface area contributed by atoms with E-state index >= 15 is 0 Å². The molecule has 0 N–H and O–H groups in total. The third-order valence-electron chi connectivity index (χ3n) is 3.00. The Labute approximate surface area is 160 Å². The number of hydrogen-bond donors (Lipinski definition) is 0. The molecule has 126 valence electrons. The fourth-order valence-corrected chi connectivity index (χ4v) is 4.30. The lowest BCUT2D eigenvalue weighted by atomic mass is 10.2. The Morgan fingerprint density at radius 3 is 2.96 bits per heavy atom. The highest BCUT2D eigenvalue weighted by Gasteiger charge is 2.12. The van der Waals surface area contributed by atoms with Crippen molar-refractivity contribution in [2.75, 3.05) is 13.4 Å². The Bertz CT molecular complexity index is 822. The Kier molecular flexibility index (Phi) is 6.20. The largest absolute Gasteiger partial charge is 0.496 e. The summed E-state index contributed by atoms with van der Waals surface area (Å²) in [4.78, 5) is 4.69. The van der Waals surface area contributed by atoms with Crippen LogP contribution >= 0.6 is 50.8 Å². The number of thioether (sulfide) groups is 2. The average Bonchev–Trinajstić information content (AvgIpc) is 3.22. The molecule has 9 heteroatoms. The van der Waals surface area contributed by atoms with Crippen LogP contribution in [0.3, 0.4) is 0 Å². The minimum atomic E-state index is 0.577. The Hall–Kier alpha value is -1.03. The van der Waals surface area contributed by atoms with Crippen LogP contribution in [-0.2, 0) is 11.5 Å². The van der Waals surface area contributed by atoms with E-state index in [1.54, 1.807) is 30.2 Å². The summed E-state index contributed by atoms with van der Waals surface area (Å²) >= 11 is 8.24. The van der Waals surface area contributed by atoms with Crippen molar-refractivity contribution in [3.8, 4) is 16.3 Å². The molecule has 0 amide bonds. The van der Waals surface area contributed by atoms with Crippen LogP contribution in [0.1, 0.15) is 11.6 Å². The third-order valence-corrected chi connectivity index (χ3v) is 5.81. The molecule has 2 aromatic heterocycles. The SMILES string of the molecule is COc1ccc(Br)cc1-c1nc(CSc2nnc(CSC)o2)cs1. The van der Waals surface area contributed by atoms with Crippen LogP contribution < -0.4 is 4.74 Å². The second kappa shape index (κ2) is 8.37. The lowest BCUT2D eigenvalue weighted by Gasteiger charge is -2.06. The van der Waals surface area contributed by atoms with E-state index in [-0.39, 0.29) is 0 Å². The zero-order valence-electron chi connectivity index (χ0n) is 13.0. The molecule has 0 fully saturated rings. The lowest BCUT2D eigenvalue weighted by molar-refractivity contribution is 0.416. The second-order valence-corrected chi connectivity index (χ2v) is 8.24. The molecule has 3 rings (SSSR count). The van der Waals surface area contributed by atoms with E-state index in [1.165, 1.54) is 11.8 Å². The van der Waals surface area contributed by atoms with Crippen molar-refractivity contribution < 1.29 is 9.15 Å². The Morgan fingerprint density at radius 2 is 2.17 bits per heavy atom. The van der Waals surface area contributed by atoms with Crippen LogP contribution in [0.2, 0.25) is 0 Å². The van der Waals surface area contributed by atoms with E-state index in [0.29, 0.717) is 16.9 Å². The summed E-state index contributed by atoms with van der Waals surface area (Å²) in [5.74, 6) is 2.89. The molecular weight excluding hydrogens is 430 g/mol. The fourth-order valence-electron chi connectivity index (χ4n) is 1.96. The van der Waals surface area contributed by atoms with Crippen LogP contribution in [-0.4, -0.2) is 28.5 Å². The summed E-state index contributed by atoms with van der Waals surface area (Å²) in [7, 11) is 1.67. The second-order valence-electron chi connectivity index (χ2n) is 4.67. The van der Waals surface area contributed by atoms with Crippen molar-refractivity contribution >= 4 is 50.8 Å². The smallest absolute Gasteiger partial charge is 0.276 e. The molecule has 0 spiro atoms. The molecule has 3 aromatic rings. The van der Waals surface area contributed by atoms with Crippen molar-refractivity contribution in [3.63, 3.8) is 0 Å². The van der Waals surface area contributed by atoms with Crippen molar-refractivity contribution in [3.05, 3.63) is 39.6 Å². The van der Waals surface area contributed by atoms with Crippen molar-refractivity contribution in [2.45, 2.75) is 16.7 Å². The van der Waals surface area contributed by atoms with Gasteiger partial charge in [-0.3, -0.25) is 0 Å². The molecule has 0 radical (unpaired) electrons. The van der Waals surface area contributed by atoms with Crippen LogP contribution in [0.5, 0.6) is 5.75 Å². The average molecular weight is 444 g/mol. The van der Waals surface area contributed by atoms with Gasteiger partial charge in [-0.15, -0.1) is 21.5 Å². The maximum absolute atomic E-state index is 5.56. The van der Waals surface area contributed by atoms with E-state index in [4.69, 9.17) is 14.1 Å². The first-order chi connectivity index (χ1) is 11.7. The predicted molar refractivity (Wildman–Crippen MR) is 103 cm³/mol. The van der Waals surface area contributed by atoms with Gasteiger partial charge in [0.2, 0.25) is 5.89 Å². The van der Waals surface area contributed by atoms with Gasteiger partial charge >= 0.3 is 0 Å². The van der Waals surface area contributed by atoms with Crippen molar-refractivity contribution in [1.29, 1.82) is 0 Å². The van der Waals surface area contributed by atoms with Crippen LogP contribution in [0, 0.1) is 0 Å². The predicted octanol–water partition coefficient (Wildman–Crippen LogP) is 5.12. The maximum atomic E-state index is 5.56. The van der Waals surface area contributed by atoms with E-state index < -0.39 is 0 Å². The molecule has 0 aliphatic heterocycles. The van der Waals surface area contributed by atoms with E-state index in [2.05, 4.69) is 26.1 Å². The van der Waals surface area contributed by atoms with Gasteiger partial charge in [-0.2, -0.15) is 11.8 Å². The van der Waals surface area contributed by atoms with Gasteiger partial charge in [0.1, 0.15) is 10.8 Å². The highest BCUT2D eigenvalue weighted by Crippen LogP contribution is 2.35. The normalized spacial score (nSPS) is 11.0. The molecule has 1 aromatic carbocycles. The molecule has 0 saturated carbocycles. The summed E-state index contributed by atoms with van der Waals surface area (Å²) in [6.45, 7) is 0. The number of aromatic nitrogens is 3. The van der Waals surface area contributed by atoms with Gasteiger partial charge in [-0.25, -0.2) is 4.98 Å². The van der Waals surface area contributed by atoms with Crippen molar-refractivity contribution in [1.82, 2.24) is 15.2 Å². The number of methoxy groups -OCH3 is 1. The number of halogens is 1. The zero-order chi connectivity index (χ0) is 16.9. The molecule has 0 atom stereocenters. The third kappa shape index (κ3) is 4.33. The topological polar surface area (TPSA) is 61.0 Å². The fraction of sp³-hybridized carbons (Fsp3) is 0.267. The molecule has 24 heavy (non-hydrogen) atoms. The van der Waals surface area contributed by atoms with Gasteiger partial charge in [-0.1, -0.05) is 27.7 Å². The zero-order valence-corrected chi connectivity index (χ0v) is 17.0. The van der Waals surface area contributed by atoms with Gasteiger partial charge < -0.3 is 9.15 Å². The molecular formula is C15H14BrN3O2S3. The molecule has 2 heterocycles. The number of rotatable bonds is 7. The number of benzene rings is 1. The summed E-state index contributed by atoms with van der Waals surface area (Å²) in [5, 5.41) is 11.6. The number of thiazole rings is 1. The standard InChI is InChI=1S/C15H14BrN3O2S3/c1-20-12-4-3-9(16)5-11(12)14-17-10(6-23-14)7-24-15-19-18-13(21-15)8-22-2/h3-6H,7-8H2,1-2H3. The number of hydrogen-bond acceptors (Lipinski definition) is 8. The van der Waals surface area contributed by atoms with Crippen molar-refractivity contribution in [2.24, 2.45) is 0 Å². The summed E-state index contributed by atoms with van der Waals surface area (Å²) in [6.07, 6.45) is 2.00. The minimum Gasteiger partial charge on any atom is -0.496 e. The first-order valence-electron chi connectivity index (χ1n) is 6.92. The van der Waals surface area contributed by atoms with E-state index in [9.17, 15) is 0 Å². The summed E-state index contributed by atoms with van der Waals surface area (Å²) < 4.78 is 12.0. The van der Waals surface area contributed by atoms with E-state index in [0.717, 1.165) is 32.2 Å². The number of ether oxygens (including phenoxy) is 1. The number of nitrogens with zero attached hydrogens (tertiary/aromatic N) is 3. The molecule has 5 nitrogen and oxygen atoms in total. The molecule has 0 saturated heterocycles. The quantitative estimate of drug-likeness (QED) is 0.469. The Balaban J connectivity index is 1.70. The lowest BCUT2D eigenvalue weighted by Crippen LogP contribution is -1.88. The highest BCUT2D eigenvalue weighted by atomic mass is 79.9. The van der Waals surface area contributed by atoms with Crippen LogP contribution in [0.4, 0.5) is 0 Å². The minimum absolute atomic E-state index is 0.577. The molecule has 0 unspecified atom stereocenters. The van der Waals surface area contributed by atoms with Gasteiger partial charge in [0.25, 0.3) is 5.22 Å². The van der Waals surface area contributed by atoms with Crippen LogP contribution in [0.25, 0.3) is 10.6 Å². The van der Waals surface area contributed by atoms with Gasteiger partial charge in [0.15, 0.2) is 0 Å². The molecule has 0 bridgehead atoms. The van der Waals surface area contributed by atoms with E-state index in [1.807, 2.05) is 29.8 Å².